The summed E-state index contributed by atoms with van der Waals surface area (Å²) in [5.74, 6) is 0.561. The van der Waals surface area contributed by atoms with Crippen LogP contribution in [0.4, 0.5) is 13.2 Å². The van der Waals surface area contributed by atoms with Gasteiger partial charge in [-0.05, 0) is 19.1 Å². The minimum absolute atomic E-state index is 0.0196. The molecule has 0 amide bonds. The molecule has 2 aromatic rings. The van der Waals surface area contributed by atoms with E-state index < -0.39 is 11.9 Å². The molecule has 0 spiro atoms. The Bertz CT molecular complexity index is 546. The van der Waals surface area contributed by atoms with E-state index in [9.17, 15) is 13.2 Å². The highest BCUT2D eigenvalue weighted by atomic mass is 19.4. The Hall–Kier alpha value is -1.98. The van der Waals surface area contributed by atoms with E-state index in [0.717, 1.165) is 4.68 Å². The van der Waals surface area contributed by atoms with Crippen molar-refractivity contribution in [3.05, 3.63) is 41.6 Å². The van der Waals surface area contributed by atoms with Crippen molar-refractivity contribution in [1.82, 2.24) is 9.78 Å². The van der Waals surface area contributed by atoms with E-state index in [1.54, 1.807) is 30.3 Å². The van der Waals surface area contributed by atoms with Crippen molar-refractivity contribution >= 4 is 0 Å². The van der Waals surface area contributed by atoms with Crippen LogP contribution in [0.3, 0.4) is 0 Å². The molecule has 1 heterocycles. The molecule has 1 aromatic carbocycles. The van der Waals surface area contributed by atoms with Gasteiger partial charge in [-0.1, -0.05) is 18.2 Å². The number of rotatable bonds is 2. The lowest BCUT2D eigenvalue weighted by molar-refractivity contribution is -0.141. The first-order valence-corrected chi connectivity index (χ1v) is 5.23. The van der Waals surface area contributed by atoms with Gasteiger partial charge in [-0.2, -0.15) is 18.3 Å². The number of aryl methyl sites for hydroxylation is 1. The number of nitrogens with zero attached hydrogens (tertiary/aromatic N) is 2. The number of ether oxygens (including phenoxy) is 1. The highest BCUT2D eigenvalue weighted by Gasteiger charge is 2.38. The molecule has 0 saturated heterocycles. The van der Waals surface area contributed by atoms with Crippen LogP contribution in [0, 0.1) is 6.92 Å². The zero-order chi connectivity index (χ0) is 13.3. The fourth-order valence-electron chi connectivity index (χ4n) is 1.63. The Morgan fingerprint density at radius 1 is 1.17 bits per heavy atom. The predicted octanol–water partition coefficient (Wildman–Crippen LogP) is 3.54. The summed E-state index contributed by atoms with van der Waals surface area (Å²) in [6, 6.07) is 8.61. The molecular weight excluding hydrogens is 245 g/mol. The first-order chi connectivity index (χ1) is 8.39. The van der Waals surface area contributed by atoms with Crippen LogP contribution in [0.1, 0.15) is 11.3 Å². The van der Waals surface area contributed by atoms with Crippen molar-refractivity contribution in [3.8, 4) is 11.6 Å². The largest absolute Gasteiger partial charge is 0.439 e. The van der Waals surface area contributed by atoms with Crippen molar-refractivity contribution in [3.63, 3.8) is 0 Å². The van der Waals surface area contributed by atoms with Crippen LogP contribution in [-0.2, 0) is 13.2 Å². The minimum atomic E-state index is -4.47. The maximum absolute atomic E-state index is 12.6. The van der Waals surface area contributed by atoms with Crippen LogP contribution in [0.5, 0.6) is 11.6 Å². The summed E-state index contributed by atoms with van der Waals surface area (Å²) in [7, 11) is 1.42. The molecule has 0 unspecified atom stereocenters. The summed E-state index contributed by atoms with van der Waals surface area (Å²) in [4.78, 5) is 0. The van der Waals surface area contributed by atoms with Crippen molar-refractivity contribution < 1.29 is 17.9 Å². The summed E-state index contributed by atoms with van der Waals surface area (Å²) < 4.78 is 44.5. The molecule has 96 valence electrons. The standard InChI is InChI=1S/C12H11F3N2O/c1-8-10(12(13,14)15)16-17(2)11(8)18-9-6-4-3-5-7-9/h3-7H,1-2H3. The van der Waals surface area contributed by atoms with Crippen LogP contribution in [0.25, 0.3) is 0 Å². The molecular formula is C12H11F3N2O. The second-order valence-corrected chi connectivity index (χ2v) is 3.82. The van der Waals surface area contributed by atoms with Crippen LogP contribution in [-0.4, -0.2) is 9.78 Å². The molecule has 2 rings (SSSR count). The number of benzene rings is 1. The summed E-state index contributed by atoms with van der Waals surface area (Å²) in [6.07, 6.45) is -4.47. The summed E-state index contributed by atoms with van der Waals surface area (Å²) >= 11 is 0. The van der Waals surface area contributed by atoms with Crippen LogP contribution >= 0.6 is 0 Å². The zero-order valence-electron chi connectivity index (χ0n) is 9.82. The van der Waals surface area contributed by atoms with E-state index in [2.05, 4.69) is 5.10 Å². The van der Waals surface area contributed by atoms with Gasteiger partial charge < -0.3 is 4.74 Å². The van der Waals surface area contributed by atoms with Gasteiger partial charge in [-0.3, -0.25) is 0 Å². The number of hydrogen-bond acceptors (Lipinski definition) is 2. The van der Waals surface area contributed by atoms with E-state index >= 15 is 0 Å². The van der Waals surface area contributed by atoms with Gasteiger partial charge in [0.15, 0.2) is 5.69 Å². The molecule has 18 heavy (non-hydrogen) atoms. The van der Waals surface area contributed by atoms with E-state index in [1.165, 1.54) is 14.0 Å². The van der Waals surface area contributed by atoms with E-state index in [0.29, 0.717) is 5.75 Å². The predicted molar refractivity (Wildman–Crippen MR) is 59.5 cm³/mol. The maximum Gasteiger partial charge on any atom is 0.435 e. The SMILES string of the molecule is Cc1c(C(F)(F)F)nn(C)c1Oc1ccccc1. The third-order valence-corrected chi connectivity index (χ3v) is 2.45. The third kappa shape index (κ3) is 2.32. The highest BCUT2D eigenvalue weighted by molar-refractivity contribution is 5.36. The summed E-state index contributed by atoms with van der Waals surface area (Å²) in [5, 5.41) is 3.44. The molecule has 0 aliphatic carbocycles. The van der Waals surface area contributed by atoms with Gasteiger partial charge in [0.1, 0.15) is 5.75 Å². The van der Waals surface area contributed by atoms with Crippen molar-refractivity contribution in [2.24, 2.45) is 7.05 Å². The topological polar surface area (TPSA) is 27.1 Å². The fourth-order valence-corrected chi connectivity index (χ4v) is 1.63. The van der Waals surface area contributed by atoms with Gasteiger partial charge in [-0.25, -0.2) is 4.68 Å². The first-order valence-electron chi connectivity index (χ1n) is 5.23. The van der Waals surface area contributed by atoms with Gasteiger partial charge in [0.25, 0.3) is 0 Å². The Morgan fingerprint density at radius 3 is 2.28 bits per heavy atom. The molecule has 1 aromatic heterocycles. The lowest BCUT2D eigenvalue weighted by Crippen LogP contribution is -2.08. The average molecular weight is 256 g/mol. The molecule has 0 N–H and O–H groups in total. The number of alkyl halides is 3. The smallest absolute Gasteiger partial charge is 0.435 e. The molecule has 0 atom stereocenters. The Labute approximate surface area is 102 Å². The maximum atomic E-state index is 12.6. The number of aromatic nitrogens is 2. The normalized spacial score (nSPS) is 11.6. The fraction of sp³-hybridized carbons (Fsp3) is 0.250. The van der Waals surface area contributed by atoms with Gasteiger partial charge in [-0.15, -0.1) is 0 Å². The number of para-hydroxylation sites is 1. The first kappa shape index (κ1) is 12.5. The van der Waals surface area contributed by atoms with Crippen molar-refractivity contribution in [2.45, 2.75) is 13.1 Å². The van der Waals surface area contributed by atoms with E-state index in [4.69, 9.17) is 4.74 Å². The Morgan fingerprint density at radius 2 is 1.78 bits per heavy atom. The summed E-state index contributed by atoms with van der Waals surface area (Å²) in [6.45, 7) is 1.34. The average Bonchev–Trinajstić information content (AvgIpc) is 2.58. The van der Waals surface area contributed by atoms with Crippen molar-refractivity contribution in [2.75, 3.05) is 0 Å². The lowest BCUT2D eigenvalue weighted by Gasteiger charge is -2.06. The van der Waals surface area contributed by atoms with Gasteiger partial charge in [0, 0.05) is 12.6 Å². The second kappa shape index (κ2) is 4.36. The molecule has 0 saturated carbocycles. The molecule has 0 aliphatic heterocycles. The lowest BCUT2D eigenvalue weighted by atomic mass is 10.2. The van der Waals surface area contributed by atoms with Crippen LogP contribution in [0.15, 0.2) is 30.3 Å². The van der Waals surface area contributed by atoms with Crippen molar-refractivity contribution in [1.29, 1.82) is 0 Å². The monoisotopic (exact) mass is 256 g/mol. The number of hydrogen-bond donors (Lipinski definition) is 0. The van der Waals surface area contributed by atoms with Crippen LogP contribution in [0.2, 0.25) is 0 Å². The molecule has 0 radical (unpaired) electrons. The highest BCUT2D eigenvalue weighted by Crippen LogP contribution is 2.36. The molecule has 0 fully saturated rings. The molecule has 6 heteroatoms. The minimum Gasteiger partial charge on any atom is -0.439 e. The van der Waals surface area contributed by atoms with Gasteiger partial charge in [0.2, 0.25) is 5.88 Å². The quantitative estimate of drug-likeness (QED) is 0.821. The summed E-state index contributed by atoms with van der Waals surface area (Å²) in [5.41, 5.74) is -0.940. The number of halogens is 3. The third-order valence-electron chi connectivity index (χ3n) is 2.45. The Kier molecular flexibility index (Phi) is 3.02. The molecule has 0 aliphatic rings. The second-order valence-electron chi connectivity index (χ2n) is 3.82. The van der Waals surface area contributed by atoms with Gasteiger partial charge >= 0.3 is 6.18 Å². The Balaban J connectivity index is 2.38. The van der Waals surface area contributed by atoms with E-state index in [1.807, 2.05) is 0 Å². The zero-order valence-corrected chi connectivity index (χ0v) is 9.82. The van der Waals surface area contributed by atoms with E-state index in [-0.39, 0.29) is 11.4 Å². The molecule has 0 bridgehead atoms. The molecule has 3 nitrogen and oxygen atoms in total. The van der Waals surface area contributed by atoms with Crippen LogP contribution < -0.4 is 4.74 Å². The van der Waals surface area contributed by atoms with Gasteiger partial charge in [0.05, 0.1) is 0 Å².